The summed E-state index contributed by atoms with van der Waals surface area (Å²) in [5.74, 6) is 0. The number of hydrogen-bond donors (Lipinski definition) is 1. The lowest BCUT2D eigenvalue weighted by atomic mass is 10.1. The van der Waals surface area contributed by atoms with Crippen LogP contribution in [0.4, 0.5) is 0 Å². The lowest BCUT2D eigenvalue weighted by Gasteiger charge is -2.13. The van der Waals surface area contributed by atoms with Crippen LogP contribution in [0.15, 0.2) is 73.2 Å². The van der Waals surface area contributed by atoms with Gasteiger partial charge in [0.15, 0.2) is 0 Å². The van der Waals surface area contributed by atoms with Gasteiger partial charge in [0.1, 0.15) is 11.1 Å². The first kappa shape index (κ1) is 17.9. The molecule has 0 amide bonds. The first-order valence-corrected chi connectivity index (χ1v) is 10.1. The first-order valence-electron chi connectivity index (χ1n) is 10.1. The van der Waals surface area contributed by atoms with E-state index in [2.05, 4.69) is 47.2 Å². The van der Waals surface area contributed by atoms with E-state index in [-0.39, 0.29) is 6.10 Å². The Bertz CT molecular complexity index is 1170. The molecule has 1 aliphatic rings. The molecule has 1 unspecified atom stereocenters. The van der Waals surface area contributed by atoms with Crippen LogP contribution in [0, 0.1) is 5.41 Å². The molecule has 1 N–H and O–H groups in total. The number of nitrogens with one attached hydrogen (secondary N) is 1. The molecule has 0 aliphatic carbocycles. The van der Waals surface area contributed by atoms with E-state index >= 15 is 0 Å². The number of benzene rings is 2. The van der Waals surface area contributed by atoms with Gasteiger partial charge in [0.05, 0.1) is 24.4 Å². The van der Waals surface area contributed by atoms with Crippen LogP contribution in [-0.4, -0.2) is 26.8 Å². The van der Waals surface area contributed by atoms with Crippen molar-refractivity contribution in [1.29, 1.82) is 5.41 Å². The van der Waals surface area contributed by atoms with E-state index in [1.54, 1.807) is 6.33 Å². The van der Waals surface area contributed by atoms with E-state index in [1.807, 2.05) is 28.8 Å². The maximum atomic E-state index is 8.94. The Hall–Kier alpha value is -3.18. The summed E-state index contributed by atoms with van der Waals surface area (Å²) in [7, 11) is 0. The maximum absolute atomic E-state index is 8.94. The highest BCUT2D eigenvalue weighted by molar-refractivity contribution is 5.93. The van der Waals surface area contributed by atoms with Crippen molar-refractivity contribution in [2.24, 2.45) is 0 Å². The van der Waals surface area contributed by atoms with Crippen LogP contribution in [0.5, 0.6) is 0 Å². The quantitative estimate of drug-likeness (QED) is 0.560. The minimum Gasteiger partial charge on any atom is -0.376 e. The predicted molar refractivity (Wildman–Crippen MR) is 114 cm³/mol. The number of rotatable bonds is 5. The smallest absolute Gasteiger partial charge is 0.146 e. The molecule has 1 saturated heterocycles. The summed E-state index contributed by atoms with van der Waals surface area (Å²) in [5.41, 5.74) is 4.72. The second-order valence-electron chi connectivity index (χ2n) is 7.60. The second kappa shape index (κ2) is 7.68. The van der Waals surface area contributed by atoms with Crippen LogP contribution in [0.25, 0.3) is 22.2 Å². The monoisotopic (exact) mass is 384 g/mol. The zero-order valence-corrected chi connectivity index (χ0v) is 16.3. The SMILES string of the molecule is N=c1c2c(-c3ccccc3)cn(Cc3ccccc3)c2ncn1CC1CCCO1. The van der Waals surface area contributed by atoms with Gasteiger partial charge >= 0.3 is 0 Å². The van der Waals surface area contributed by atoms with Crippen molar-refractivity contribution in [2.45, 2.75) is 32.0 Å². The molecule has 2 aromatic heterocycles. The van der Waals surface area contributed by atoms with Gasteiger partial charge in [-0.2, -0.15) is 0 Å². The van der Waals surface area contributed by atoms with Crippen LogP contribution in [-0.2, 0) is 17.8 Å². The molecule has 1 atom stereocenters. The largest absolute Gasteiger partial charge is 0.376 e. The third kappa shape index (κ3) is 3.49. The van der Waals surface area contributed by atoms with E-state index in [9.17, 15) is 0 Å². The third-order valence-electron chi connectivity index (χ3n) is 5.60. The van der Waals surface area contributed by atoms with Crippen molar-refractivity contribution in [3.05, 3.63) is 84.2 Å². The molecule has 1 fully saturated rings. The topological polar surface area (TPSA) is 55.8 Å². The van der Waals surface area contributed by atoms with Gasteiger partial charge in [-0.25, -0.2) is 4.98 Å². The van der Waals surface area contributed by atoms with Gasteiger partial charge in [0.25, 0.3) is 0 Å². The number of fused-ring (bicyclic) bond motifs is 1. The zero-order valence-electron chi connectivity index (χ0n) is 16.3. The normalized spacial score (nSPS) is 16.5. The molecule has 0 radical (unpaired) electrons. The standard InChI is InChI=1S/C24H24N4O/c25-23-22-21(19-10-5-2-6-11-19)16-27(14-18-8-3-1-4-9-18)24(22)26-17-28(23)15-20-12-7-13-29-20/h1-6,8-11,16-17,20,25H,7,12-15H2. The van der Waals surface area contributed by atoms with E-state index < -0.39 is 0 Å². The van der Waals surface area contributed by atoms with Gasteiger partial charge < -0.3 is 13.9 Å². The van der Waals surface area contributed by atoms with E-state index in [4.69, 9.17) is 15.1 Å². The summed E-state index contributed by atoms with van der Waals surface area (Å²) in [6.07, 6.45) is 6.24. The van der Waals surface area contributed by atoms with Gasteiger partial charge in [0, 0.05) is 24.9 Å². The molecular formula is C24H24N4O. The second-order valence-corrected chi connectivity index (χ2v) is 7.60. The minimum atomic E-state index is 0.176. The van der Waals surface area contributed by atoms with Crippen LogP contribution in [0.1, 0.15) is 18.4 Å². The number of hydrogen-bond acceptors (Lipinski definition) is 3. The highest BCUT2D eigenvalue weighted by Gasteiger charge is 2.19. The van der Waals surface area contributed by atoms with Crippen LogP contribution < -0.4 is 5.49 Å². The number of aromatic nitrogens is 3. The molecule has 146 valence electrons. The van der Waals surface area contributed by atoms with Crippen molar-refractivity contribution in [1.82, 2.24) is 14.1 Å². The molecule has 0 spiro atoms. The fraction of sp³-hybridized carbons (Fsp3) is 0.250. The molecule has 0 saturated carbocycles. The van der Waals surface area contributed by atoms with Crippen LogP contribution >= 0.6 is 0 Å². The molecule has 5 nitrogen and oxygen atoms in total. The van der Waals surface area contributed by atoms with Crippen molar-refractivity contribution in [3.8, 4) is 11.1 Å². The Morgan fingerprint density at radius 2 is 1.76 bits per heavy atom. The Balaban J connectivity index is 1.65. The van der Waals surface area contributed by atoms with Gasteiger partial charge in [-0.15, -0.1) is 0 Å². The molecule has 3 heterocycles. The Kier molecular flexibility index (Phi) is 4.74. The molecule has 1 aliphatic heterocycles. The number of ether oxygens (including phenoxy) is 1. The molecule has 5 rings (SSSR count). The molecule has 2 aromatic carbocycles. The molecule has 4 aromatic rings. The van der Waals surface area contributed by atoms with Gasteiger partial charge in [-0.3, -0.25) is 5.41 Å². The molecule has 0 bridgehead atoms. The zero-order chi connectivity index (χ0) is 19.6. The van der Waals surface area contributed by atoms with E-state index in [0.29, 0.717) is 12.0 Å². The Labute approximate surface area is 169 Å². The van der Waals surface area contributed by atoms with Crippen molar-refractivity contribution >= 4 is 11.0 Å². The average Bonchev–Trinajstić information content (AvgIpc) is 3.40. The Morgan fingerprint density at radius 1 is 1.00 bits per heavy atom. The van der Waals surface area contributed by atoms with Crippen molar-refractivity contribution in [3.63, 3.8) is 0 Å². The minimum absolute atomic E-state index is 0.176. The van der Waals surface area contributed by atoms with Crippen LogP contribution in [0.3, 0.4) is 0 Å². The lowest BCUT2D eigenvalue weighted by Crippen LogP contribution is -2.27. The van der Waals surface area contributed by atoms with Gasteiger partial charge in [-0.1, -0.05) is 60.7 Å². The van der Waals surface area contributed by atoms with E-state index in [0.717, 1.165) is 48.2 Å². The van der Waals surface area contributed by atoms with Crippen molar-refractivity contribution in [2.75, 3.05) is 6.61 Å². The van der Waals surface area contributed by atoms with Gasteiger partial charge in [0.2, 0.25) is 0 Å². The van der Waals surface area contributed by atoms with Gasteiger partial charge in [-0.05, 0) is 24.0 Å². The highest BCUT2D eigenvalue weighted by atomic mass is 16.5. The fourth-order valence-electron chi connectivity index (χ4n) is 4.13. The summed E-state index contributed by atoms with van der Waals surface area (Å²) >= 11 is 0. The Morgan fingerprint density at radius 3 is 2.48 bits per heavy atom. The van der Waals surface area contributed by atoms with Crippen molar-refractivity contribution < 1.29 is 4.74 Å². The molecular weight excluding hydrogens is 360 g/mol. The fourth-order valence-corrected chi connectivity index (χ4v) is 4.13. The summed E-state index contributed by atoms with van der Waals surface area (Å²) in [6.45, 7) is 2.23. The maximum Gasteiger partial charge on any atom is 0.146 e. The third-order valence-corrected chi connectivity index (χ3v) is 5.60. The predicted octanol–water partition coefficient (Wildman–Crippen LogP) is 4.21. The molecule has 29 heavy (non-hydrogen) atoms. The summed E-state index contributed by atoms with van der Waals surface area (Å²) < 4.78 is 9.87. The number of nitrogens with zero attached hydrogens (tertiary/aromatic N) is 3. The lowest BCUT2D eigenvalue weighted by molar-refractivity contribution is 0.0957. The highest BCUT2D eigenvalue weighted by Crippen LogP contribution is 2.28. The van der Waals surface area contributed by atoms with E-state index in [1.165, 1.54) is 5.56 Å². The summed E-state index contributed by atoms with van der Waals surface area (Å²) in [6, 6.07) is 20.7. The summed E-state index contributed by atoms with van der Waals surface area (Å²) in [4.78, 5) is 4.78. The summed E-state index contributed by atoms with van der Waals surface area (Å²) in [5, 5.41) is 9.84. The molecule has 5 heteroatoms. The van der Waals surface area contributed by atoms with Crippen LogP contribution in [0.2, 0.25) is 0 Å². The average molecular weight is 384 g/mol. The first-order chi connectivity index (χ1) is 14.3.